The number of hydrogen-bond acceptors (Lipinski definition) is 3. The van der Waals surface area contributed by atoms with Crippen molar-refractivity contribution in [3.05, 3.63) is 54.1 Å². The fraction of sp³-hybridized carbons (Fsp3) is 0.250. The topological polar surface area (TPSA) is 56.7 Å². The van der Waals surface area contributed by atoms with Gasteiger partial charge in [-0.25, -0.2) is 4.98 Å². The van der Waals surface area contributed by atoms with Crippen molar-refractivity contribution in [2.24, 2.45) is 0 Å². The summed E-state index contributed by atoms with van der Waals surface area (Å²) in [6.45, 7) is 3.08. The molecule has 0 radical (unpaired) electrons. The molecule has 0 aliphatic carbocycles. The molecule has 4 nitrogen and oxygen atoms in total. The van der Waals surface area contributed by atoms with Crippen LogP contribution >= 0.6 is 0 Å². The molecule has 0 atom stereocenters. The number of nitrogens with two attached hydrogens (primary N) is 1. The summed E-state index contributed by atoms with van der Waals surface area (Å²) in [6, 6.07) is 10.1. The minimum Gasteiger partial charge on any atom is -0.399 e. The summed E-state index contributed by atoms with van der Waals surface area (Å²) in [5.41, 5.74) is 9.93. The van der Waals surface area contributed by atoms with Gasteiger partial charge in [-0.05, 0) is 37.1 Å². The second-order valence-corrected chi connectivity index (χ2v) is 4.88. The average Bonchev–Trinajstić information content (AvgIpc) is 2.84. The van der Waals surface area contributed by atoms with Gasteiger partial charge in [0.1, 0.15) is 11.3 Å². The molecule has 3 aromatic rings. The molecule has 0 aliphatic heterocycles. The average molecular weight is 266 g/mol. The Kier molecular flexibility index (Phi) is 3.37. The van der Waals surface area contributed by atoms with Crippen LogP contribution in [0.4, 0.5) is 5.69 Å². The minimum absolute atomic E-state index is 0.806. The summed E-state index contributed by atoms with van der Waals surface area (Å²) in [4.78, 5) is 8.83. The van der Waals surface area contributed by atoms with Crippen molar-refractivity contribution in [1.82, 2.24) is 14.5 Å². The molecular formula is C16H18N4. The Balaban J connectivity index is 1.85. The normalized spacial score (nSPS) is 11.1. The molecule has 0 unspecified atom stereocenters. The number of rotatable bonds is 4. The predicted molar refractivity (Wildman–Crippen MR) is 81.5 cm³/mol. The number of imidazole rings is 1. The number of benzene rings is 1. The van der Waals surface area contributed by atoms with E-state index in [0.717, 1.165) is 41.9 Å². The number of anilines is 1. The molecule has 0 saturated carbocycles. The third kappa shape index (κ3) is 2.37. The van der Waals surface area contributed by atoms with Crippen molar-refractivity contribution in [2.75, 3.05) is 5.73 Å². The molecule has 1 aromatic carbocycles. The molecule has 4 heteroatoms. The first-order valence-electron chi connectivity index (χ1n) is 6.91. The summed E-state index contributed by atoms with van der Waals surface area (Å²) in [7, 11) is 0. The molecular weight excluding hydrogens is 248 g/mol. The van der Waals surface area contributed by atoms with Crippen molar-refractivity contribution in [3.8, 4) is 0 Å². The Morgan fingerprint density at radius 2 is 1.90 bits per heavy atom. The van der Waals surface area contributed by atoms with E-state index in [9.17, 15) is 0 Å². The molecule has 2 aromatic heterocycles. The second-order valence-electron chi connectivity index (χ2n) is 4.88. The third-order valence-corrected chi connectivity index (χ3v) is 3.56. The lowest BCUT2D eigenvalue weighted by atomic mass is 10.1. The Labute approximate surface area is 118 Å². The van der Waals surface area contributed by atoms with Gasteiger partial charge in [-0.15, -0.1) is 0 Å². The van der Waals surface area contributed by atoms with Crippen LogP contribution in [0.2, 0.25) is 0 Å². The van der Waals surface area contributed by atoms with Gasteiger partial charge in [0, 0.05) is 24.8 Å². The number of nitrogens with zero attached hydrogens (tertiary/aromatic N) is 3. The Hall–Kier alpha value is -2.36. The summed E-state index contributed by atoms with van der Waals surface area (Å²) in [6.07, 6.45) is 5.54. The summed E-state index contributed by atoms with van der Waals surface area (Å²) >= 11 is 0. The molecule has 2 N–H and O–H groups in total. The lowest BCUT2D eigenvalue weighted by Gasteiger charge is -2.06. The summed E-state index contributed by atoms with van der Waals surface area (Å²) < 4.78 is 2.26. The number of fused-ring (bicyclic) bond motifs is 1. The number of aryl methyl sites for hydroxylation is 3. The molecule has 20 heavy (non-hydrogen) atoms. The van der Waals surface area contributed by atoms with E-state index < -0.39 is 0 Å². The fourth-order valence-corrected chi connectivity index (χ4v) is 2.52. The van der Waals surface area contributed by atoms with E-state index >= 15 is 0 Å². The number of pyridine rings is 1. The predicted octanol–water partition coefficient (Wildman–Crippen LogP) is 2.82. The van der Waals surface area contributed by atoms with E-state index in [1.807, 2.05) is 30.6 Å². The van der Waals surface area contributed by atoms with Crippen molar-refractivity contribution in [3.63, 3.8) is 0 Å². The van der Waals surface area contributed by atoms with Crippen molar-refractivity contribution >= 4 is 16.7 Å². The largest absolute Gasteiger partial charge is 0.399 e. The van der Waals surface area contributed by atoms with Crippen LogP contribution in [0.5, 0.6) is 0 Å². The van der Waals surface area contributed by atoms with Gasteiger partial charge in [0.2, 0.25) is 0 Å². The van der Waals surface area contributed by atoms with Crippen LogP contribution in [0.25, 0.3) is 11.0 Å². The van der Waals surface area contributed by atoms with Crippen molar-refractivity contribution in [1.29, 1.82) is 0 Å². The van der Waals surface area contributed by atoms with E-state index in [1.54, 1.807) is 0 Å². The molecule has 0 saturated heterocycles. The molecule has 0 fully saturated rings. The monoisotopic (exact) mass is 266 g/mol. The van der Waals surface area contributed by atoms with Crippen LogP contribution in [0, 0.1) is 0 Å². The van der Waals surface area contributed by atoms with Gasteiger partial charge in [0.25, 0.3) is 0 Å². The Morgan fingerprint density at radius 3 is 2.65 bits per heavy atom. The van der Waals surface area contributed by atoms with Gasteiger partial charge in [0.15, 0.2) is 0 Å². The number of aromatic nitrogens is 3. The highest BCUT2D eigenvalue weighted by atomic mass is 15.1. The zero-order chi connectivity index (χ0) is 13.9. The first-order valence-corrected chi connectivity index (χ1v) is 6.91. The zero-order valence-electron chi connectivity index (χ0n) is 11.6. The summed E-state index contributed by atoms with van der Waals surface area (Å²) in [5.74, 6) is 1.12. The minimum atomic E-state index is 0.806. The molecule has 0 spiro atoms. The second kappa shape index (κ2) is 5.33. The van der Waals surface area contributed by atoms with Crippen LogP contribution < -0.4 is 5.73 Å². The van der Waals surface area contributed by atoms with Crippen molar-refractivity contribution < 1.29 is 0 Å². The van der Waals surface area contributed by atoms with Gasteiger partial charge in [-0.3, -0.25) is 4.98 Å². The molecule has 0 aliphatic rings. The number of nitrogen functional groups attached to an aromatic ring is 1. The first-order chi connectivity index (χ1) is 9.78. The highest BCUT2D eigenvalue weighted by Crippen LogP contribution is 2.17. The van der Waals surface area contributed by atoms with Gasteiger partial charge in [-0.1, -0.05) is 12.1 Å². The van der Waals surface area contributed by atoms with Gasteiger partial charge >= 0.3 is 0 Å². The highest BCUT2D eigenvalue weighted by molar-refractivity contribution is 5.74. The van der Waals surface area contributed by atoms with E-state index in [4.69, 9.17) is 10.7 Å². The van der Waals surface area contributed by atoms with Gasteiger partial charge in [0.05, 0.1) is 11.7 Å². The van der Waals surface area contributed by atoms with Crippen LogP contribution in [-0.2, 0) is 19.4 Å². The molecule has 0 amide bonds. The highest BCUT2D eigenvalue weighted by Gasteiger charge is 2.09. The zero-order valence-corrected chi connectivity index (χ0v) is 11.6. The van der Waals surface area contributed by atoms with Crippen LogP contribution in [0.15, 0.2) is 42.7 Å². The smallest absolute Gasteiger partial charge is 0.110 e. The Morgan fingerprint density at radius 1 is 1.10 bits per heavy atom. The molecule has 3 rings (SSSR count). The van der Waals surface area contributed by atoms with Crippen molar-refractivity contribution in [2.45, 2.75) is 26.3 Å². The van der Waals surface area contributed by atoms with E-state index in [2.05, 4.69) is 28.6 Å². The lowest BCUT2D eigenvalue weighted by Crippen LogP contribution is -2.03. The third-order valence-electron chi connectivity index (χ3n) is 3.56. The number of hydrogen-bond donors (Lipinski definition) is 1. The first kappa shape index (κ1) is 12.7. The summed E-state index contributed by atoms with van der Waals surface area (Å²) in [5, 5.41) is 0. The molecule has 0 bridgehead atoms. The van der Waals surface area contributed by atoms with E-state index in [1.165, 1.54) is 5.56 Å². The maximum atomic E-state index is 5.71. The van der Waals surface area contributed by atoms with Gasteiger partial charge < -0.3 is 10.3 Å². The molecule has 2 heterocycles. The van der Waals surface area contributed by atoms with E-state index in [0.29, 0.717) is 0 Å². The quantitative estimate of drug-likeness (QED) is 0.739. The van der Waals surface area contributed by atoms with Crippen LogP contribution in [0.3, 0.4) is 0 Å². The molecule has 102 valence electrons. The van der Waals surface area contributed by atoms with E-state index in [-0.39, 0.29) is 0 Å². The Bertz CT molecular complexity index is 713. The maximum Gasteiger partial charge on any atom is 0.110 e. The van der Waals surface area contributed by atoms with Gasteiger partial charge in [-0.2, -0.15) is 0 Å². The standard InChI is InChI=1S/C16H18N4/c1-2-20-15-9-10-18-11-14(15)19-16(20)8-5-12-3-6-13(17)7-4-12/h3-4,6-7,9-11H,2,5,8,17H2,1H3. The lowest BCUT2D eigenvalue weighted by molar-refractivity contribution is 0.707. The fourth-order valence-electron chi connectivity index (χ4n) is 2.52. The van der Waals surface area contributed by atoms with Crippen LogP contribution in [0.1, 0.15) is 18.3 Å². The maximum absolute atomic E-state index is 5.71. The SMILES string of the molecule is CCn1c(CCc2ccc(N)cc2)nc2cnccc21. The van der Waals surface area contributed by atoms with Crippen LogP contribution in [-0.4, -0.2) is 14.5 Å².